The van der Waals surface area contributed by atoms with Crippen molar-refractivity contribution in [2.75, 3.05) is 0 Å². The molecule has 98 valence electrons. The van der Waals surface area contributed by atoms with E-state index in [1.165, 1.54) is 12.8 Å². The highest BCUT2D eigenvalue weighted by atomic mass is 16.1. The van der Waals surface area contributed by atoms with Gasteiger partial charge < -0.3 is 11.1 Å². The van der Waals surface area contributed by atoms with Crippen LogP contribution in [0.5, 0.6) is 0 Å². The Morgan fingerprint density at radius 1 is 1.39 bits per heavy atom. The van der Waals surface area contributed by atoms with Crippen molar-refractivity contribution in [2.45, 2.75) is 44.7 Å². The number of primary amides is 1. The van der Waals surface area contributed by atoms with Gasteiger partial charge in [0.15, 0.2) is 0 Å². The Hall–Kier alpha value is -1.42. The third-order valence-electron chi connectivity index (χ3n) is 3.67. The van der Waals surface area contributed by atoms with Crippen LogP contribution in [0, 0.1) is 5.92 Å². The van der Waals surface area contributed by atoms with Crippen LogP contribution in [0.3, 0.4) is 0 Å². The van der Waals surface area contributed by atoms with Gasteiger partial charge in [0.25, 0.3) is 0 Å². The van der Waals surface area contributed by atoms with Gasteiger partial charge in [0, 0.05) is 25.0 Å². The van der Waals surface area contributed by atoms with Gasteiger partial charge in [0.05, 0.1) is 5.92 Å². The van der Waals surface area contributed by atoms with Gasteiger partial charge in [-0.05, 0) is 24.5 Å². The van der Waals surface area contributed by atoms with Crippen molar-refractivity contribution < 1.29 is 4.79 Å². The normalized spacial score (nSPS) is 24.4. The summed E-state index contributed by atoms with van der Waals surface area (Å²) in [6.45, 7) is 0.752. The molecule has 1 aliphatic carbocycles. The van der Waals surface area contributed by atoms with E-state index in [9.17, 15) is 4.79 Å². The van der Waals surface area contributed by atoms with Crippen LogP contribution < -0.4 is 11.1 Å². The average Bonchev–Trinajstić information content (AvgIpc) is 2.63. The summed E-state index contributed by atoms with van der Waals surface area (Å²) >= 11 is 0. The lowest BCUT2D eigenvalue weighted by Crippen LogP contribution is -2.41. The first-order valence-electron chi connectivity index (χ1n) is 6.69. The van der Waals surface area contributed by atoms with Gasteiger partial charge in [-0.2, -0.15) is 0 Å². The van der Waals surface area contributed by atoms with Crippen LogP contribution in [-0.4, -0.2) is 16.9 Å². The summed E-state index contributed by atoms with van der Waals surface area (Å²) in [5, 5.41) is 3.47. The molecule has 2 atom stereocenters. The van der Waals surface area contributed by atoms with Crippen molar-refractivity contribution in [1.82, 2.24) is 10.3 Å². The molecule has 0 radical (unpaired) electrons. The number of hydrogen-bond acceptors (Lipinski definition) is 3. The molecule has 4 nitrogen and oxygen atoms in total. The van der Waals surface area contributed by atoms with Crippen LogP contribution >= 0.6 is 0 Å². The minimum Gasteiger partial charge on any atom is -0.369 e. The highest BCUT2D eigenvalue weighted by molar-refractivity contribution is 5.77. The van der Waals surface area contributed by atoms with Crippen molar-refractivity contribution in [1.29, 1.82) is 0 Å². The Morgan fingerprint density at radius 2 is 2.22 bits per heavy atom. The number of rotatable bonds is 4. The molecule has 1 aromatic rings. The molecule has 0 bridgehead atoms. The highest BCUT2D eigenvalue weighted by Gasteiger charge is 2.27. The van der Waals surface area contributed by atoms with E-state index in [1.807, 2.05) is 18.3 Å². The van der Waals surface area contributed by atoms with Crippen molar-refractivity contribution in [2.24, 2.45) is 11.7 Å². The Kier molecular flexibility index (Phi) is 4.70. The lowest BCUT2D eigenvalue weighted by Gasteiger charge is -2.23. The third-order valence-corrected chi connectivity index (χ3v) is 3.67. The van der Waals surface area contributed by atoms with E-state index >= 15 is 0 Å². The number of pyridine rings is 1. The fourth-order valence-corrected chi connectivity index (χ4v) is 2.64. The van der Waals surface area contributed by atoms with Crippen LogP contribution in [-0.2, 0) is 11.3 Å². The quantitative estimate of drug-likeness (QED) is 0.794. The first-order chi connectivity index (χ1) is 8.77. The Labute approximate surface area is 108 Å². The molecule has 1 amide bonds. The van der Waals surface area contributed by atoms with Crippen molar-refractivity contribution in [3.63, 3.8) is 0 Å². The number of amides is 1. The predicted octanol–water partition coefficient (Wildman–Crippen LogP) is 1.61. The van der Waals surface area contributed by atoms with Gasteiger partial charge in [-0.15, -0.1) is 0 Å². The first kappa shape index (κ1) is 13.0. The molecule has 1 aliphatic rings. The van der Waals surface area contributed by atoms with Gasteiger partial charge in [0.1, 0.15) is 0 Å². The molecule has 1 aromatic heterocycles. The number of carbonyl (C=O) groups excluding carboxylic acids is 1. The van der Waals surface area contributed by atoms with Crippen LogP contribution in [0.15, 0.2) is 24.5 Å². The second kappa shape index (κ2) is 6.50. The summed E-state index contributed by atoms with van der Waals surface area (Å²) in [5.74, 6) is -0.190. The van der Waals surface area contributed by atoms with E-state index in [0.29, 0.717) is 0 Å². The molecule has 0 spiro atoms. The van der Waals surface area contributed by atoms with Crippen molar-refractivity contribution >= 4 is 5.91 Å². The molecule has 1 fully saturated rings. The van der Waals surface area contributed by atoms with E-state index in [2.05, 4.69) is 10.3 Å². The van der Waals surface area contributed by atoms with Crippen LogP contribution in [0.4, 0.5) is 0 Å². The number of carbonyl (C=O) groups is 1. The largest absolute Gasteiger partial charge is 0.369 e. The Bertz CT molecular complexity index is 380. The lowest BCUT2D eigenvalue weighted by molar-refractivity contribution is -0.122. The van der Waals surface area contributed by atoms with Gasteiger partial charge in [-0.25, -0.2) is 0 Å². The van der Waals surface area contributed by atoms with Crippen molar-refractivity contribution in [3.05, 3.63) is 30.1 Å². The molecule has 2 rings (SSSR count). The second-order valence-electron chi connectivity index (χ2n) is 5.00. The lowest BCUT2D eigenvalue weighted by atomic mass is 9.94. The number of hydrogen-bond donors (Lipinski definition) is 2. The molecule has 0 aromatic carbocycles. The fourth-order valence-electron chi connectivity index (χ4n) is 2.64. The predicted molar refractivity (Wildman–Crippen MR) is 70.6 cm³/mol. The van der Waals surface area contributed by atoms with E-state index in [-0.39, 0.29) is 17.9 Å². The minimum absolute atomic E-state index is 0.0239. The van der Waals surface area contributed by atoms with Gasteiger partial charge in [0.2, 0.25) is 5.91 Å². The van der Waals surface area contributed by atoms with Crippen LogP contribution in [0.2, 0.25) is 0 Å². The molecule has 3 N–H and O–H groups in total. The number of aromatic nitrogens is 1. The Balaban J connectivity index is 1.94. The SMILES string of the molecule is NC(=O)C1CCCCCC1NCc1cccnc1. The summed E-state index contributed by atoms with van der Waals surface area (Å²) in [6, 6.07) is 4.18. The van der Waals surface area contributed by atoms with Crippen molar-refractivity contribution in [3.8, 4) is 0 Å². The molecule has 18 heavy (non-hydrogen) atoms. The summed E-state index contributed by atoms with van der Waals surface area (Å²) in [7, 11) is 0. The van der Waals surface area contributed by atoms with Gasteiger partial charge in [-0.1, -0.05) is 25.3 Å². The minimum atomic E-state index is -0.166. The maximum atomic E-state index is 11.5. The number of nitrogens with one attached hydrogen (secondary N) is 1. The molecule has 0 saturated heterocycles. The average molecular weight is 247 g/mol. The molecular formula is C14H21N3O. The standard InChI is InChI=1S/C14H21N3O/c15-14(18)12-6-2-1-3-7-13(12)17-10-11-5-4-8-16-9-11/h4-5,8-9,12-13,17H,1-3,6-7,10H2,(H2,15,18). The van der Waals surface area contributed by atoms with Crippen LogP contribution in [0.1, 0.15) is 37.7 Å². The summed E-state index contributed by atoms with van der Waals surface area (Å²) in [4.78, 5) is 15.6. The monoisotopic (exact) mass is 247 g/mol. The first-order valence-corrected chi connectivity index (χ1v) is 6.69. The van der Waals surface area contributed by atoms with Gasteiger partial charge >= 0.3 is 0 Å². The second-order valence-corrected chi connectivity index (χ2v) is 5.00. The topological polar surface area (TPSA) is 68.0 Å². The summed E-state index contributed by atoms with van der Waals surface area (Å²) < 4.78 is 0. The smallest absolute Gasteiger partial charge is 0.222 e. The van der Waals surface area contributed by atoms with Gasteiger partial charge in [-0.3, -0.25) is 9.78 Å². The third kappa shape index (κ3) is 3.53. The maximum Gasteiger partial charge on any atom is 0.222 e. The zero-order valence-electron chi connectivity index (χ0n) is 10.6. The van der Waals surface area contributed by atoms with E-state index in [1.54, 1.807) is 6.20 Å². The molecule has 1 saturated carbocycles. The van der Waals surface area contributed by atoms with E-state index < -0.39 is 0 Å². The molecular weight excluding hydrogens is 226 g/mol. The van der Waals surface area contributed by atoms with E-state index in [0.717, 1.165) is 31.4 Å². The molecule has 4 heteroatoms. The number of nitrogens with zero attached hydrogens (tertiary/aromatic N) is 1. The molecule has 1 heterocycles. The van der Waals surface area contributed by atoms with E-state index in [4.69, 9.17) is 5.73 Å². The summed E-state index contributed by atoms with van der Waals surface area (Å²) in [6.07, 6.45) is 9.06. The fraction of sp³-hybridized carbons (Fsp3) is 0.571. The zero-order valence-corrected chi connectivity index (χ0v) is 10.6. The highest BCUT2D eigenvalue weighted by Crippen LogP contribution is 2.23. The Morgan fingerprint density at radius 3 is 2.94 bits per heavy atom. The molecule has 0 aliphatic heterocycles. The maximum absolute atomic E-state index is 11.5. The van der Waals surface area contributed by atoms with Crippen LogP contribution in [0.25, 0.3) is 0 Å². The number of nitrogens with two attached hydrogens (primary N) is 1. The molecule has 2 unspecified atom stereocenters. The summed E-state index contributed by atoms with van der Waals surface area (Å²) in [5.41, 5.74) is 6.65. The zero-order chi connectivity index (χ0) is 12.8.